The number of nitrogens with zero attached hydrogens (tertiary/aromatic N) is 1. The molecule has 2 rings (SSSR count). The Hall–Kier alpha value is -1.82. The van der Waals surface area contributed by atoms with Crippen molar-refractivity contribution in [2.75, 3.05) is 19.6 Å². The zero-order valence-corrected chi connectivity index (χ0v) is 13.5. The summed E-state index contributed by atoms with van der Waals surface area (Å²) in [5.74, 6) is -0.589. The van der Waals surface area contributed by atoms with Crippen LogP contribution in [-0.2, 0) is 17.9 Å². The lowest BCUT2D eigenvalue weighted by molar-refractivity contribution is -0.122. The van der Waals surface area contributed by atoms with Crippen molar-refractivity contribution < 1.29 is 19.4 Å². The van der Waals surface area contributed by atoms with E-state index >= 15 is 0 Å². The van der Waals surface area contributed by atoms with E-state index in [-0.39, 0.29) is 29.0 Å². The number of aromatic hydroxyl groups is 2. The first-order valence-corrected chi connectivity index (χ1v) is 8.15. The van der Waals surface area contributed by atoms with E-state index in [0.29, 0.717) is 19.4 Å². The number of hydrogen-bond acceptors (Lipinski definition) is 4. The Morgan fingerprint density at radius 2 is 2.22 bits per heavy atom. The fraction of sp³-hybridized carbons (Fsp3) is 0.588. The van der Waals surface area contributed by atoms with E-state index in [2.05, 4.69) is 10.2 Å². The molecule has 5 nitrogen and oxygen atoms in total. The molecule has 23 heavy (non-hydrogen) atoms. The smallest absolute Gasteiger partial charge is 0.221 e. The molecule has 1 aromatic rings. The van der Waals surface area contributed by atoms with Crippen LogP contribution in [0.5, 0.6) is 11.5 Å². The highest BCUT2D eigenvalue weighted by Crippen LogP contribution is 2.31. The SMILES string of the molecule is CCNC(=O)C[C@H]1CCCN1CCc1cc(O)c(O)c(CF)c1. The minimum Gasteiger partial charge on any atom is -0.504 e. The maximum absolute atomic E-state index is 12.8. The molecule has 1 aliphatic rings. The second kappa shape index (κ2) is 8.15. The van der Waals surface area contributed by atoms with Gasteiger partial charge in [0.25, 0.3) is 0 Å². The molecular formula is C17H25FN2O3. The van der Waals surface area contributed by atoms with Gasteiger partial charge >= 0.3 is 0 Å². The van der Waals surface area contributed by atoms with Crippen molar-refractivity contribution in [2.45, 2.75) is 45.3 Å². The Kier molecular flexibility index (Phi) is 6.21. The Bertz CT molecular complexity index is 551. The predicted molar refractivity (Wildman–Crippen MR) is 86.2 cm³/mol. The van der Waals surface area contributed by atoms with Gasteiger partial charge in [-0.3, -0.25) is 9.69 Å². The lowest BCUT2D eigenvalue weighted by atomic mass is 10.1. The van der Waals surface area contributed by atoms with Crippen LogP contribution in [0.1, 0.15) is 37.3 Å². The van der Waals surface area contributed by atoms with Gasteiger partial charge in [0.15, 0.2) is 11.5 Å². The van der Waals surface area contributed by atoms with Gasteiger partial charge in [0.2, 0.25) is 5.91 Å². The molecule has 0 aliphatic carbocycles. The van der Waals surface area contributed by atoms with Crippen LogP contribution in [0.15, 0.2) is 12.1 Å². The maximum atomic E-state index is 12.8. The van der Waals surface area contributed by atoms with Crippen molar-refractivity contribution >= 4 is 5.91 Å². The number of hydrogen-bond donors (Lipinski definition) is 3. The third kappa shape index (κ3) is 4.58. The molecule has 6 heteroatoms. The third-order valence-corrected chi connectivity index (χ3v) is 4.35. The number of rotatable bonds is 7. The molecule has 128 valence electrons. The van der Waals surface area contributed by atoms with Gasteiger partial charge in [0.1, 0.15) is 6.67 Å². The van der Waals surface area contributed by atoms with Crippen LogP contribution >= 0.6 is 0 Å². The van der Waals surface area contributed by atoms with E-state index in [4.69, 9.17) is 0 Å². The van der Waals surface area contributed by atoms with Crippen molar-refractivity contribution in [1.29, 1.82) is 0 Å². The number of benzene rings is 1. The zero-order valence-electron chi connectivity index (χ0n) is 13.5. The number of halogens is 1. The second-order valence-corrected chi connectivity index (χ2v) is 6.00. The summed E-state index contributed by atoms with van der Waals surface area (Å²) in [4.78, 5) is 14.0. The van der Waals surface area contributed by atoms with Crippen molar-refractivity contribution in [1.82, 2.24) is 10.2 Å². The molecule has 1 aliphatic heterocycles. The largest absolute Gasteiger partial charge is 0.504 e. The lowest BCUT2D eigenvalue weighted by Crippen LogP contribution is -2.36. The second-order valence-electron chi connectivity index (χ2n) is 6.00. The van der Waals surface area contributed by atoms with Crippen LogP contribution in [0.2, 0.25) is 0 Å². The Labute approximate surface area is 136 Å². The molecule has 1 fully saturated rings. The minimum absolute atomic E-state index is 0.0754. The molecule has 0 saturated carbocycles. The zero-order chi connectivity index (χ0) is 16.8. The lowest BCUT2D eigenvalue weighted by Gasteiger charge is -2.24. The number of phenolic OH excluding ortho intramolecular Hbond substituents is 2. The van der Waals surface area contributed by atoms with Gasteiger partial charge in [0, 0.05) is 31.1 Å². The highest BCUT2D eigenvalue weighted by Gasteiger charge is 2.26. The van der Waals surface area contributed by atoms with E-state index in [9.17, 15) is 19.4 Å². The van der Waals surface area contributed by atoms with Crippen molar-refractivity contribution in [3.05, 3.63) is 23.3 Å². The number of alkyl halides is 1. The van der Waals surface area contributed by atoms with Crippen LogP contribution < -0.4 is 5.32 Å². The van der Waals surface area contributed by atoms with Gasteiger partial charge in [-0.15, -0.1) is 0 Å². The first kappa shape index (κ1) is 17.5. The molecule has 0 bridgehead atoms. The first-order valence-electron chi connectivity index (χ1n) is 8.15. The van der Waals surface area contributed by atoms with Crippen molar-refractivity contribution in [3.63, 3.8) is 0 Å². The topological polar surface area (TPSA) is 72.8 Å². The molecule has 0 unspecified atom stereocenters. The van der Waals surface area contributed by atoms with Crippen LogP contribution in [0, 0.1) is 0 Å². The van der Waals surface area contributed by atoms with Gasteiger partial charge in [-0.2, -0.15) is 0 Å². The average molecular weight is 324 g/mol. The summed E-state index contributed by atoms with van der Waals surface area (Å²) in [6.07, 6.45) is 3.23. The fourth-order valence-electron chi connectivity index (χ4n) is 3.17. The molecule has 1 heterocycles. The van der Waals surface area contributed by atoms with Crippen molar-refractivity contribution in [2.24, 2.45) is 0 Å². The van der Waals surface area contributed by atoms with Gasteiger partial charge in [-0.1, -0.05) is 0 Å². The average Bonchev–Trinajstić information content (AvgIpc) is 2.95. The quantitative estimate of drug-likeness (QED) is 0.672. The summed E-state index contributed by atoms with van der Waals surface area (Å²) in [6.45, 7) is 3.44. The van der Waals surface area contributed by atoms with Crippen LogP contribution in [0.25, 0.3) is 0 Å². The molecular weight excluding hydrogens is 299 g/mol. The fourth-order valence-corrected chi connectivity index (χ4v) is 3.17. The summed E-state index contributed by atoms with van der Waals surface area (Å²) in [6, 6.07) is 3.31. The monoisotopic (exact) mass is 324 g/mol. The molecule has 1 aromatic carbocycles. The molecule has 1 atom stereocenters. The van der Waals surface area contributed by atoms with Gasteiger partial charge < -0.3 is 15.5 Å². The predicted octanol–water partition coefficient (Wildman–Crippen LogP) is 2.10. The molecule has 0 spiro atoms. The summed E-state index contributed by atoms with van der Waals surface area (Å²) in [7, 11) is 0. The summed E-state index contributed by atoms with van der Waals surface area (Å²) in [5.41, 5.74) is 0.900. The van der Waals surface area contributed by atoms with E-state index in [1.54, 1.807) is 6.07 Å². The summed E-state index contributed by atoms with van der Waals surface area (Å²) >= 11 is 0. The normalized spacial score (nSPS) is 18.3. The Morgan fingerprint density at radius 1 is 1.43 bits per heavy atom. The molecule has 3 N–H and O–H groups in total. The number of carbonyl (C=O) groups is 1. The first-order chi connectivity index (χ1) is 11.0. The van der Waals surface area contributed by atoms with Gasteiger partial charge in [-0.25, -0.2) is 4.39 Å². The Balaban J connectivity index is 1.94. The van der Waals surface area contributed by atoms with E-state index < -0.39 is 6.67 Å². The summed E-state index contributed by atoms with van der Waals surface area (Å²) < 4.78 is 12.8. The standard InChI is InChI=1S/C17H25FN2O3/c1-2-19-16(22)10-14-4-3-6-20(14)7-5-12-8-13(11-18)17(23)15(21)9-12/h8-9,14,21,23H,2-7,10-11H2,1H3,(H,19,22)/t14-/m1/s1. The highest BCUT2D eigenvalue weighted by atomic mass is 19.1. The Morgan fingerprint density at radius 3 is 2.91 bits per heavy atom. The molecule has 0 aromatic heterocycles. The van der Waals surface area contributed by atoms with Crippen molar-refractivity contribution in [3.8, 4) is 11.5 Å². The van der Waals surface area contributed by atoms with Crippen LogP contribution in [-0.4, -0.2) is 46.7 Å². The highest BCUT2D eigenvalue weighted by molar-refractivity contribution is 5.76. The van der Waals surface area contributed by atoms with Crippen LogP contribution in [0.3, 0.4) is 0 Å². The maximum Gasteiger partial charge on any atom is 0.221 e. The minimum atomic E-state index is -0.809. The number of likely N-dealkylation sites (tertiary alicyclic amines) is 1. The summed E-state index contributed by atoms with van der Waals surface area (Å²) in [5, 5.41) is 22.0. The molecule has 1 amide bonds. The van der Waals surface area contributed by atoms with E-state index in [1.807, 2.05) is 6.92 Å². The molecule has 1 saturated heterocycles. The number of carbonyl (C=O) groups excluding carboxylic acids is 1. The molecule has 0 radical (unpaired) electrons. The van der Waals surface area contributed by atoms with Gasteiger partial charge in [0.05, 0.1) is 0 Å². The number of amides is 1. The number of nitrogens with one attached hydrogen (secondary N) is 1. The van der Waals surface area contributed by atoms with E-state index in [0.717, 1.165) is 31.5 Å². The third-order valence-electron chi connectivity index (χ3n) is 4.35. The van der Waals surface area contributed by atoms with E-state index in [1.165, 1.54) is 6.07 Å². The van der Waals surface area contributed by atoms with Gasteiger partial charge in [-0.05, 0) is 50.4 Å². The number of phenols is 2. The van der Waals surface area contributed by atoms with Crippen LogP contribution in [0.4, 0.5) is 4.39 Å².